The third-order valence-corrected chi connectivity index (χ3v) is 12.3. The minimum Gasteiger partial charge on any atom is -0.477 e. The number of hydrogen-bond donors (Lipinski definition) is 2. The molecule has 1 saturated heterocycles. The van der Waals surface area contributed by atoms with Crippen LogP contribution in [0.1, 0.15) is 36.1 Å². The molecule has 2 aliphatic rings. The van der Waals surface area contributed by atoms with Crippen LogP contribution in [0.3, 0.4) is 0 Å². The topological polar surface area (TPSA) is 129 Å². The van der Waals surface area contributed by atoms with Crippen LogP contribution in [0, 0.1) is 23.2 Å². The predicted molar refractivity (Wildman–Crippen MR) is 178 cm³/mol. The molecule has 47 heavy (non-hydrogen) atoms. The zero-order chi connectivity index (χ0) is 33.8. The van der Waals surface area contributed by atoms with E-state index in [9.17, 15) is 30.0 Å². The average Bonchev–Trinajstić information content (AvgIpc) is 3.35. The van der Waals surface area contributed by atoms with Crippen molar-refractivity contribution in [2.75, 3.05) is 54.6 Å². The molecule has 0 amide bonds. The Hall–Kier alpha value is -3.50. The van der Waals surface area contributed by atoms with Gasteiger partial charge in [0.25, 0.3) is 0 Å². The molecule has 0 bridgehead atoms. The fraction of sp³-hybridized carbons (Fsp3) is 0.469. The lowest BCUT2D eigenvalue weighted by Crippen LogP contribution is -2.48. The number of nitriles is 1. The minimum absolute atomic E-state index is 0.0150. The summed E-state index contributed by atoms with van der Waals surface area (Å²) >= 11 is 1.21. The molecule has 0 atom stereocenters. The SMILES string of the molecule is CS(=O)(=O)c1ccc(NCC#Cc2sc3c(NC4CCC(N5CCS(=O)(=O)CC5)CC4)cccc3c2CC(F)(F)F)c(OCC#N)c1. The van der Waals surface area contributed by atoms with Gasteiger partial charge in [-0.15, -0.1) is 11.3 Å². The van der Waals surface area contributed by atoms with Crippen molar-refractivity contribution in [3.8, 4) is 23.7 Å². The number of nitrogens with one attached hydrogen (secondary N) is 2. The number of halogens is 3. The summed E-state index contributed by atoms with van der Waals surface area (Å²) in [5.41, 5.74) is 1.27. The monoisotopic (exact) mass is 708 g/mol. The number of thiophene rings is 1. The fourth-order valence-electron chi connectivity index (χ4n) is 6.03. The Bertz CT molecular complexity index is 1920. The molecule has 1 saturated carbocycles. The number of benzene rings is 2. The third-order valence-electron chi connectivity index (χ3n) is 8.39. The number of sulfone groups is 2. The number of rotatable bonds is 9. The molecule has 1 aromatic heterocycles. The normalized spacial score (nSPS) is 20.1. The lowest BCUT2D eigenvalue weighted by Gasteiger charge is -2.39. The molecule has 0 unspecified atom stereocenters. The van der Waals surface area contributed by atoms with Crippen molar-refractivity contribution in [2.45, 2.75) is 55.3 Å². The quantitative estimate of drug-likeness (QED) is 0.287. The summed E-state index contributed by atoms with van der Waals surface area (Å²) in [6, 6.07) is 11.8. The molecule has 3 aromatic rings. The lowest BCUT2D eigenvalue weighted by atomic mass is 9.90. The molecule has 0 radical (unpaired) electrons. The van der Waals surface area contributed by atoms with Gasteiger partial charge in [-0.2, -0.15) is 18.4 Å². The molecule has 2 aromatic carbocycles. The van der Waals surface area contributed by atoms with E-state index in [-0.39, 0.29) is 46.9 Å². The highest BCUT2D eigenvalue weighted by Crippen LogP contribution is 2.40. The first kappa shape index (κ1) is 34.8. The molecule has 252 valence electrons. The summed E-state index contributed by atoms with van der Waals surface area (Å²) in [4.78, 5) is 2.59. The van der Waals surface area contributed by atoms with E-state index < -0.39 is 32.3 Å². The highest BCUT2D eigenvalue weighted by molar-refractivity contribution is 7.91. The molecule has 2 fully saturated rings. The van der Waals surface area contributed by atoms with Crippen LogP contribution in [0.2, 0.25) is 0 Å². The van der Waals surface area contributed by atoms with E-state index in [1.54, 1.807) is 12.1 Å². The standard InChI is InChI=1S/C32H35F3N4O5S3/c1-46(40,41)24-11-12-27(29(20-24)44-17-13-36)37-14-3-6-30-26(21-32(33,34)35)25-4-2-5-28(31(25)45-30)38-22-7-9-23(10-8-22)39-15-18-47(42,43)19-16-39/h2,4-5,11-12,20,22-23,37-38H,7-10,14-19,21H2,1H3. The number of anilines is 2. The van der Waals surface area contributed by atoms with Crippen LogP contribution in [0.4, 0.5) is 24.5 Å². The van der Waals surface area contributed by atoms with Crippen LogP contribution in [0.5, 0.6) is 5.75 Å². The smallest absolute Gasteiger partial charge is 0.393 e. The summed E-state index contributed by atoms with van der Waals surface area (Å²) in [6.07, 6.45) is -0.930. The zero-order valence-corrected chi connectivity index (χ0v) is 28.1. The van der Waals surface area contributed by atoms with E-state index in [2.05, 4.69) is 27.4 Å². The molecule has 2 N–H and O–H groups in total. The van der Waals surface area contributed by atoms with E-state index in [4.69, 9.17) is 10.00 Å². The summed E-state index contributed by atoms with van der Waals surface area (Å²) < 4.78 is 94.8. The van der Waals surface area contributed by atoms with Gasteiger partial charge in [0, 0.05) is 37.5 Å². The number of hydrogen-bond acceptors (Lipinski definition) is 10. The molecule has 9 nitrogen and oxygen atoms in total. The zero-order valence-electron chi connectivity index (χ0n) is 25.7. The molecule has 5 rings (SSSR count). The maximum atomic E-state index is 13.7. The van der Waals surface area contributed by atoms with Crippen molar-refractivity contribution in [1.82, 2.24) is 4.90 Å². The first-order chi connectivity index (χ1) is 22.2. The maximum Gasteiger partial charge on any atom is 0.393 e. The molecule has 1 aliphatic carbocycles. The molecular formula is C32H35F3N4O5S3. The second-order valence-corrected chi connectivity index (χ2v) is 17.1. The van der Waals surface area contributed by atoms with E-state index >= 15 is 0 Å². The minimum atomic E-state index is -4.44. The van der Waals surface area contributed by atoms with Crippen molar-refractivity contribution < 1.29 is 34.7 Å². The van der Waals surface area contributed by atoms with Gasteiger partial charge in [0.2, 0.25) is 0 Å². The first-order valence-corrected chi connectivity index (χ1v) is 19.6. The van der Waals surface area contributed by atoms with Gasteiger partial charge in [0.05, 0.1) is 50.3 Å². The summed E-state index contributed by atoms with van der Waals surface area (Å²) in [5, 5.41) is 16.0. The van der Waals surface area contributed by atoms with Gasteiger partial charge in [-0.1, -0.05) is 24.0 Å². The number of fused-ring (bicyclic) bond motifs is 1. The van der Waals surface area contributed by atoms with Gasteiger partial charge < -0.3 is 15.4 Å². The van der Waals surface area contributed by atoms with Crippen LogP contribution in [-0.2, 0) is 26.1 Å². The molecule has 2 heterocycles. The summed E-state index contributed by atoms with van der Waals surface area (Å²) in [5.74, 6) is 6.34. The predicted octanol–water partition coefficient (Wildman–Crippen LogP) is 5.23. The maximum absolute atomic E-state index is 13.7. The Morgan fingerprint density at radius 2 is 1.81 bits per heavy atom. The van der Waals surface area contributed by atoms with Crippen molar-refractivity contribution in [2.24, 2.45) is 0 Å². The first-order valence-electron chi connectivity index (χ1n) is 15.1. The number of alkyl halides is 3. The van der Waals surface area contributed by atoms with Gasteiger partial charge in [0.15, 0.2) is 26.3 Å². The van der Waals surface area contributed by atoms with Crippen LogP contribution in [0.25, 0.3) is 10.1 Å². The van der Waals surface area contributed by atoms with E-state index in [0.717, 1.165) is 37.6 Å². The second kappa shape index (κ2) is 14.3. The van der Waals surface area contributed by atoms with Crippen LogP contribution < -0.4 is 15.4 Å². The van der Waals surface area contributed by atoms with Gasteiger partial charge in [-0.05, 0) is 54.8 Å². The van der Waals surface area contributed by atoms with Crippen molar-refractivity contribution in [3.63, 3.8) is 0 Å². The highest BCUT2D eigenvalue weighted by atomic mass is 32.2. The Labute approximate surface area is 276 Å². The van der Waals surface area contributed by atoms with Gasteiger partial charge in [-0.25, -0.2) is 16.8 Å². The lowest BCUT2D eigenvalue weighted by molar-refractivity contribution is -0.126. The number of ether oxygens (including phenoxy) is 1. The summed E-state index contributed by atoms with van der Waals surface area (Å²) in [6.45, 7) is 0.843. The number of nitrogens with zero attached hydrogens (tertiary/aromatic N) is 2. The van der Waals surface area contributed by atoms with Crippen molar-refractivity contribution >= 4 is 52.5 Å². The largest absolute Gasteiger partial charge is 0.477 e. The van der Waals surface area contributed by atoms with Crippen LogP contribution >= 0.6 is 11.3 Å². The molecule has 0 spiro atoms. The molecule has 15 heteroatoms. The highest BCUT2D eigenvalue weighted by Gasteiger charge is 2.32. The second-order valence-electron chi connectivity index (χ2n) is 11.8. The summed E-state index contributed by atoms with van der Waals surface area (Å²) in [7, 11) is -6.46. The van der Waals surface area contributed by atoms with E-state index in [1.807, 2.05) is 12.1 Å². The fourth-order valence-corrected chi connectivity index (χ4v) is 9.07. The van der Waals surface area contributed by atoms with E-state index in [1.165, 1.54) is 29.5 Å². The Balaban J connectivity index is 1.32. The van der Waals surface area contributed by atoms with Crippen molar-refractivity contribution in [3.05, 3.63) is 46.8 Å². The Morgan fingerprint density at radius 1 is 1.09 bits per heavy atom. The van der Waals surface area contributed by atoms with Gasteiger partial charge >= 0.3 is 6.18 Å². The third kappa shape index (κ3) is 9.11. The van der Waals surface area contributed by atoms with Gasteiger partial charge in [0.1, 0.15) is 11.8 Å². The van der Waals surface area contributed by atoms with Gasteiger partial charge in [-0.3, -0.25) is 4.90 Å². The van der Waals surface area contributed by atoms with Crippen LogP contribution in [-0.4, -0.2) is 84.0 Å². The Morgan fingerprint density at radius 3 is 2.47 bits per heavy atom. The van der Waals surface area contributed by atoms with Crippen molar-refractivity contribution in [1.29, 1.82) is 5.26 Å². The molecule has 1 aliphatic heterocycles. The average molecular weight is 709 g/mol. The van der Waals surface area contributed by atoms with E-state index in [0.29, 0.717) is 39.8 Å². The van der Waals surface area contributed by atoms with Crippen LogP contribution in [0.15, 0.2) is 41.3 Å². The Kier molecular flexibility index (Phi) is 10.6. The molecular weight excluding hydrogens is 674 g/mol.